The normalized spacial score (nSPS) is 14.7. The van der Waals surface area contributed by atoms with E-state index in [1.807, 2.05) is 0 Å². The van der Waals surface area contributed by atoms with Crippen molar-refractivity contribution in [3.8, 4) is 11.1 Å². The minimum Gasteiger partial charge on any atom is -0.477 e. The molecule has 1 aromatic heterocycles. The Labute approximate surface area is 204 Å². The van der Waals surface area contributed by atoms with Gasteiger partial charge in [-0.2, -0.15) is 13.2 Å². The van der Waals surface area contributed by atoms with Gasteiger partial charge >= 0.3 is 12.1 Å². The maximum atomic E-state index is 13.7. The molecule has 0 saturated heterocycles. The highest BCUT2D eigenvalue weighted by Crippen LogP contribution is 2.38. The third-order valence-corrected chi connectivity index (χ3v) is 6.20. The largest absolute Gasteiger partial charge is 0.477 e. The molecule has 2 aliphatic heterocycles. The molecule has 0 unspecified atom stereocenters. The van der Waals surface area contributed by atoms with Crippen molar-refractivity contribution in [2.45, 2.75) is 19.6 Å². The lowest BCUT2D eigenvalue weighted by Crippen LogP contribution is -2.32. The molecule has 2 aromatic carbocycles. The van der Waals surface area contributed by atoms with Gasteiger partial charge in [-0.3, -0.25) is 4.79 Å². The highest BCUT2D eigenvalue weighted by molar-refractivity contribution is 5.97. The van der Waals surface area contributed by atoms with Crippen molar-refractivity contribution in [3.05, 3.63) is 112 Å². The number of nitrogens with zero attached hydrogens (tertiary/aromatic N) is 2. The number of dihydropyridines is 1. The first-order valence-corrected chi connectivity index (χ1v) is 11.0. The minimum atomic E-state index is -4.51. The van der Waals surface area contributed by atoms with Crippen LogP contribution in [0.1, 0.15) is 37.7 Å². The number of aryl methyl sites for hydroxylation is 1. The van der Waals surface area contributed by atoms with Crippen LogP contribution in [-0.4, -0.2) is 26.5 Å². The minimum absolute atomic E-state index is 0.0462. The Morgan fingerprint density at radius 1 is 1.03 bits per heavy atom. The van der Waals surface area contributed by atoms with E-state index in [9.17, 15) is 27.9 Å². The van der Waals surface area contributed by atoms with Crippen molar-refractivity contribution in [1.82, 2.24) is 14.8 Å². The average Bonchev–Trinajstić information content (AvgIpc) is 3.16. The second-order valence-corrected chi connectivity index (χ2v) is 8.45. The number of aromatic carboxylic acids is 1. The zero-order chi connectivity index (χ0) is 25.6. The molecule has 3 heterocycles. The number of alkyl halides is 3. The Morgan fingerprint density at radius 2 is 1.81 bits per heavy atom. The Bertz CT molecular complexity index is 1500. The lowest BCUT2D eigenvalue weighted by molar-refractivity contribution is -0.137. The quantitative estimate of drug-likeness (QED) is 0.498. The van der Waals surface area contributed by atoms with E-state index < -0.39 is 17.7 Å². The van der Waals surface area contributed by atoms with E-state index in [1.165, 1.54) is 39.8 Å². The van der Waals surface area contributed by atoms with Crippen LogP contribution in [-0.2, 0) is 12.7 Å². The summed E-state index contributed by atoms with van der Waals surface area (Å²) in [5, 5.41) is 12.6. The Balaban J connectivity index is 1.54. The first kappa shape index (κ1) is 23.2. The van der Waals surface area contributed by atoms with E-state index in [1.54, 1.807) is 49.7 Å². The van der Waals surface area contributed by atoms with Crippen LogP contribution < -0.4 is 5.32 Å². The smallest absolute Gasteiger partial charge is 0.417 e. The van der Waals surface area contributed by atoms with Crippen molar-refractivity contribution in [2.75, 3.05) is 0 Å². The number of benzene rings is 2. The number of carboxylic acids is 1. The molecule has 0 spiro atoms. The molecule has 0 radical (unpaired) electrons. The van der Waals surface area contributed by atoms with E-state index in [0.29, 0.717) is 33.8 Å². The third kappa shape index (κ3) is 3.98. The predicted octanol–water partition coefficient (Wildman–Crippen LogP) is 5.64. The number of carboxylic acid groups (broad SMARTS) is 1. The highest BCUT2D eigenvalue weighted by Gasteiger charge is 2.34. The number of carbonyl (C=O) groups excluding carboxylic acids is 1. The zero-order valence-electron chi connectivity index (χ0n) is 19.0. The summed E-state index contributed by atoms with van der Waals surface area (Å²) in [5.74, 6) is -1.46. The van der Waals surface area contributed by atoms with Gasteiger partial charge in [0, 0.05) is 23.7 Å². The van der Waals surface area contributed by atoms with Gasteiger partial charge in [-0.1, -0.05) is 24.3 Å². The van der Waals surface area contributed by atoms with Crippen molar-refractivity contribution in [3.63, 3.8) is 0 Å². The number of allylic oxidation sites excluding steroid dienone is 2. The third-order valence-electron chi connectivity index (χ3n) is 6.20. The van der Waals surface area contributed by atoms with E-state index in [-0.39, 0.29) is 23.7 Å². The lowest BCUT2D eigenvalue weighted by Gasteiger charge is -2.26. The number of hydrogen-bond acceptors (Lipinski definition) is 3. The van der Waals surface area contributed by atoms with Gasteiger partial charge in [-0.15, -0.1) is 0 Å². The molecule has 6 nitrogen and oxygen atoms in total. The predicted molar refractivity (Wildman–Crippen MR) is 128 cm³/mol. The summed E-state index contributed by atoms with van der Waals surface area (Å²) in [6.07, 6.45) is 2.26. The molecule has 182 valence electrons. The van der Waals surface area contributed by atoms with Gasteiger partial charge in [0.1, 0.15) is 5.69 Å². The fraction of sp³-hybridized carbons (Fsp3) is 0.111. The van der Waals surface area contributed by atoms with Crippen LogP contribution in [0.2, 0.25) is 0 Å². The summed E-state index contributed by atoms with van der Waals surface area (Å²) in [4.78, 5) is 26.9. The summed E-state index contributed by atoms with van der Waals surface area (Å²) >= 11 is 0. The van der Waals surface area contributed by atoms with E-state index in [4.69, 9.17) is 0 Å². The van der Waals surface area contributed by atoms with Crippen LogP contribution in [0.25, 0.3) is 17.3 Å². The number of halogens is 3. The van der Waals surface area contributed by atoms with Crippen LogP contribution >= 0.6 is 0 Å². The Hall–Kier alpha value is -4.53. The maximum absolute atomic E-state index is 13.7. The fourth-order valence-electron chi connectivity index (χ4n) is 4.50. The van der Waals surface area contributed by atoms with Crippen molar-refractivity contribution in [1.29, 1.82) is 0 Å². The number of carbonyl (C=O) groups is 2. The van der Waals surface area contributed by atoms with Crippen LogP contribution in [0, 0.1) is 6.92 Å². The van der Waals surface area contributed by atoms with Crippen molar-refractivity contribution in [2.24, 2.45) is 0 Å². The molecular weight excluding hydrogens is 471 g/mol. The number of rotatable bonds is 3. The van der Waals surface area contributed by atoms with Gasteiger partial charge in [-0.05, 0) is 66.1 Å². The molecular formula is C27H20F3N3O3. The number of aromatic nitrogens is 1. The van der Waals surface area contributed by atoms with E-state index >= 15 is 0 Å². The summed E-state index contributed by atoms with van der Waals surface area (Å²) in [6.45, 7) is 1.77. The molecule has 0 saturated carbocycles. The van der Waals surface area contributed by atoms with Gasteiger partial charge in [-0.25, -0.2) is 4.79 Å². The highest BCUT2D eigenvalue weighted by atomic mass is 19.4. The van der Waals surface area contributed by atoms with Crippen LogP contribution in [0.15, 0.2) is 84.3 Å². The average molecular weight is 491 g/mol. The lowest BCUT2D eigenvalue weighted by atomic mass is 9.94. The van der Waals surface area contributed by atoms with Crippen molar-refractivity contribution < 1.29 is 27.9 Å². The van der Waals surface area contributed by atoms with Gasteiger partial charge in [0.05, 0.1) is 23.5 Å². The number of fused-ring (bicyclic) bond motifs is 2. The van der Waals surface area contributed by atoms with Gasteiger partial charge in [0.15, 0.2) is 0 Å². The second kappa shape index (κ2) is 8.60. The van der Waals surface area contributed by atoms with Gasteiger partial charge < -0.3 is 19.9 Å². The zero-order valence-corrected chi connectivity index (χ0v) is 19.0. The van der Waals surface area contributed by atoms with Crippen LogP contribution in [0.5, 0.6) is 0 Å². The molecule has 9 heteroatoms. The van der Waals surface area contributed by atoms with Gasteiger partial charge in [0.2, 0.25) is 0 Å². The molecule has 36 heavy (non-hydrogen) atoms. The number of amides is 1. The Kier molecular flexibility index (Phi) is 5.55. The monoisotopic (exact) mass is 491 g/mol. The second-order valence-electron chi connectivity index (χ2n) is 8.45. The summed E-state index contributed by atoms with van der Waals surface area (Å²) < 4.78 is 42.2. The molecule has 3 aromatic rings. The summed E-state index contributed by atoms with van der Waals surface area (Å²) in [5.41, 5.74) is 2.26. The maximum Gasteiger partial charge on any atom is 0.417 e. The summed E-state index contributed by atoms with van der Waals surface area (Å²) in [7, 11) is 0. The van der Waals surface area contributed by atoms with E-state index in [2.05, 4.69) is 5.32 Å². The van der Waals surface area contributed by atoms with Crippen molar-refractivity contribution >= 4 is 18.1 Å². The first-order valence-electron chi connectivity index (χ1n) is 11.0. The summed E-state index contributed by atoms with van der Waals surface area (Å²) in [6, 6.07) is 13.1. The number of hydrogen-bond donors (Lipinski definition) is 2. The molecule has 0 atom stereocenters. The topological polar surface area (TPSA) is 74.6 Å². The van der Waals surface area contributed by atoms with Crippen LogP contribution in [0.4, 0.5) is 13.2 Å². The number of nitrogens with one attached hydrogen (secondary N) is 1. The Morgan fingerprint density at radius 3 is 2.53 bits per heavy atom. The molecule has 0 fully saturated rings. The van der Waals surface area contributed by atoms with Gasteiger partial charge in [0.25, 0.3) is 5.91 Å². The molecule has 2 N–H and O–H groups in total. The molecule has 5 rings (SSSR count). The van der Waals surface area contributed by atoms with E-state index in [0.717, 1.165) is 6.07 Å². The first-order chi connectivity index (χ1) is 17.1. The molecule has 0 aliphatic carbocycles. The molecule has 1 amide bonds. The molecule has 2 aliphatic rings. The van der Waals surface area contributed by atoms with Crippen LogP contribution in [0.3, 0.4) is 0 Å². The standard InChI is InChI=1S/C27H20F3N3O3/c1-16-13-17(8-10-19(16)20-5-2-3-6-21(20)27(28,29)30)25(34)33-14-18-9-11-24(26(35)36)32(18)15-22-23(33)7-4-12-31-22/h2-13,15,31H,14H2,1H3,(H,35,36). The molecule has 0 bridgehead atoms. The SMILES string of the molecule is Cc1cc(C(=O)N2Cc3ccc(C(=O)O)n3C=C3NC=CC=C32)ccc1-c1ccccc1C(F)(F)F. The fourth-order valence-corrected chi connectivity index (χ4v) is 4.50.